The fourth-order valence-electron chi connectivity index (χ4n) is 3.37. The second kappa shape index (κ2) is 13.6. The predicted molar refractivity (Wildman–Crippen MR) is 131 cm³/mol. The zero-order valence-corrected chi connectivity index (χ0v) is 21.4. The Morgan fingerprint density at radius 3 is 2.24 bits per heavy atom. The molecule has 1 aliphatic heterocycles. The van der Waals surface area contributed by atoms with E-state index in [1.165, 1.54) is 9.21 Å². The van der Waals surface area contributed by atoms with E-state index >= 15 is 0 Å². The van der Waals surface area contributed by atoms with Crippen molar-refractivity contribution in [3.8, 4) is 5.75 Å². The second-order valence-corrected chi connectivity index (χ2v) is 10.3. The highest BCUT2D eigenvalue weighted by Gasteiger charge is 2.38. The van der Waals surface area contributed by atoms with E-state index in [1.807, 2.05) is 24.3 Å². The number of piperazine rings is 1. The molecular formula is C23H27ClF3N3O6S. The Labute approximate surface area is 217 Å². The fourth-order valence-corrected chi connectivity index (χ4v) is 5.04. The third-order valence-electron chi connectivity index (χ3n) is 5.28. The van der Waals surface area contributed by atoms with Gasteiger partial charge in [-0.25, -0.2) is 13.2 Å². The van der Waals surface area contributed by atoms with Crippen LogP contribution in [0.15, 0.2) is 48.5 Å². The number of nitrogens with zero attached hydrogens (tertiary/aromatic N) is 2. The van der Waals surface area contributed by atoms with Crippen LogP contribution in [0.3, 0.4) is 0 Å². The molecule has 0 radical (unpaired) electrons. The zero-order chi connectivity index (χ0) is 27.6. The zero-order valence-electron chi connectivity index (χ0n) is 19.9. The van der Waals surface area contributed by atoms with E-state index in [1.54, 1.807) is 31.4 Å². The largest absolute Gasteiger partial charge is 0.496 e. The van der Waals surface area contributed by atoms with Crippen LogP contribution in [0.1, 0.15) is 15.9 Å². The number of rotatable bonds is 8. The molecule has 1 fully saturated rings. The number of ether oxygens (including phenoxy) is 1. The number of carboxylic acids is 1. The number of aliphatic carboxylic acids is 1. The summed E-state index contributed by atoms with van der Waals surface area (Å²) in [4.78, 5) is 23.7. The SMILES string of the molecule is COc1ccccc1CN(CCS(=O)(=O)N1CCNCC1)C(=O)c1ccccc1Cl.O=C(O)C(F)(F)F. The maximum absolute atomic E-state index is 13.2. The number of nitrogens with one attached hydrogen (secondary N) is 1. The van der Waals surface area contributed by atoms with Crippen LogP contribution < -0.4 is 10.1 Å². The molecule has 0 unspecified atom stereocenters. The molecule has 2 aromatic rings. The van der Waals surface area contributed by atoms with Crippen LogP contribution in [-0.4, -0.2) is 86.4 Å². The van der Waals surface area contributed by atoms with Crippen LogP contribution in [-0.2, 0) is 21.4 Å². The van der Waals surface area contributed by atoms with E-state index in [9.17, 15) is 26.4 Å². The van der Waals surface area contributed by atoms with E-state index in [-0.39, 0.29) is 24.7 Å². The van der Waals surface area contributed by atoms with Gasteiger partial charge >= 0.3 is 12.1 Å². The molecule has 0 atom stereocenters. The summed E-state index contributed by atoms with van der Waals surface area (Å²) < 4.78 is 64.2. The van der Waals surface area contributed by atoms with Gasteiger partial charge in [-0.2, -0.15) is 17.5 Å². The van der Waals surface area contributed by atoms with E-state index in [2.05, 4.69) is 5.32 Å². The van der Waals surface area contributed by atoms with Crippen molar-refractivity contribution in [2.45, 2.75) is 12.7 Å². The summed E-state index contributed by atoms with van der Waals surface area (Å²) in [5.74, 6) is -2.59. The summed E-state index contributed by atoms with van der Waals surface area (Å²) in [6.45, 7) is 2.39. The van der Waals surface area contributed by atoms with Gasteiger partial charge in [-0.15, -0.1) is 0 Å². The fraction of sp³-hybridized carbons (Fsp3) is 0.391. The topological polar surface area (TPSA) is 116 Å². The van der Waals surface area contributed by atoms with Crippen molar-refractivity contribution in [3.63, 3.8) is 0 Å². The van der Waals surface area contributed by atoms with Crippen LogP contribution in [0, 0.1) is 0 Å². The lowest BCUT2D eigenvalue weighted by Gasteiger charge is -2.29. The number of methoxy groups -OCH3 is 1. The van der Waals surface area contributed by atoms with E-state index in [0.717, 1.165) is 5.56 Å². The first kappa shape index (κ1) is 30.4. The minimum atomic E-state index is -5.08. The number of alkyl halides is 3. The molecule has 0 aliphatic carbocycles. The quantitative estimate of drug-likeness (QED) is 0.505. The van der Waals surface area contributed by atoms with E-state index < -0.39 is 22.2 Å². The number of amides is 1. The summed E-state index contributed by atoms with van der Waals surface area (Å²) in [7, 11) is -1.91. The molecule has 1 amide bonds. The molecule has 1 aliphatic rings. The summed E-state index contributed by atoms with van der Waals surface area (Å²) in [6.07, 6.45) is -5.08. The Morgan fingerprint density at radius 1 is 1.11 bits per heavy atom. The number of carbonyl (C=O) groups is 2. The molecule has 0 aromatic heterocycles. The second-order valence-electron chi connectivity index (χ2n) is 7.79. The number of hydrogen-bond donors (Lipinski definition) is 2. The lowest BCUT2D eigenvalue weighted by molar-refractivity contribution is -0.192. The minimum absolute atomic E-state index is 0.0500. The number of sulfonamides is 1. The maximum Gasteiger partial charge on any atom is 0.490 e. The standard InChI is InChI=1S/C21H26ClN3O4S.C2HF3O2/c1-29-20-9-5-2-6-17(20)16-24(21(26)18-7-3-4-8-19(18)22)14-15-30(27,28)25-12-10-23-11-13-25;3-2(4,5)1(6)7/h2-9,23H,10-16H2,1H3;(H,6,7). The molecule has 1 saturated heterocycles. The van der Waals surface area contributed by atoms with E-state index in [4.69, 9.17) is 26.2 Å². The van der Waals surface area contributed by atoms with Gasteiger partial charge in [-0.05, 0) is 18.2 Å². The summed E-state index contributed by atoms with van der Waals surface area (Å²) in [6, 6.07) is 14.1. The molecule has 204 valence electrons. The molecule has 0 bridgehead atoms. The normalized spacial score (nSPS) is 14.3. The number of benzene rings is 2. The molecule has 2 N–H and O–H groups in total. The van der Waals surface area contributed by atoms with Gasteiger partial charge in [0.15, 0.2) is 0 Å². The Hall–Kier alpha value is -2.87. The first-order valence-corrected chi connectivity index (χ1v) is 13.0. The third kappa shape index (κ3) is 9.18. The Balaban J connectivity index is 0.000000604. The first-order chi connectivity index (χ1) is 17.4. The molecule has 37 heavy (non-hydrogen) atoms. The number of para-hydroxylation sites is 1. The highest BCUT2D eigenvalue weighted by molar-refractivity contribution is 7.89. The van der Waals surface area contributed by atoms with Crippen LogP contribution >= 0.6 is 11.6 Å². The van der Waals surface area contributed by atoms with Crippen molar-refractivity contribution in [1.82, 2.24) is 14.5 Å². The van der Waals surface area contributed by atoms with Crippen molar-refractivity contribution in [1.29, 1.82) is 0 Å². The molecular weight excluding hydrogens is 539 g/mol. The van der Waals surface area contributed by atoms with Gasteiger partial charge in [0.2, 0.25) is 10.0 Å². The monoisotopic (exact) mass is 565 g/mol. The van der Waals surface area contributed by atoms with Gasteiger partial charge in [0.1, 0.15) is 5.75 Å². The third-order valence-corrected chi connectivity index (χ3v) is 7.46. The number of halogens is 4. The lowest BCUT2D eigenvalue weighted by atomic mass is 10.1. The average Bonchev–Trinajstić information content (AvgIpc) is 2.87. The number of hydrogen-bond acceptors (Lipinski definition) is 6. The Bertz CT molecular complexity index is 1170. The van der Waals surface area contributed by atoms with Crippen molar-refractivity contribution >= 4 is 33.5 Å². The smallest absolute Gasteiger partial charge is 0.490 e. The van der Waals surface area contributed by atoms with Gasteiger partial charge in [-0.3, -0.25) is 4.79 Å². The summed E-state index contributed by atoms with van der Waals surface area (Å²) in [5, 5.41) is 10.6. The highest BCUT2D eigenvalue weighted by atomic mass is 35.5. The minimum Gasteiger partial charge on any atom is -0.496 e. The van der Waals surface area contributed by atoms with Crippen molar-refractivity contribution in [2.75, 3.05) is 45.6 Å². The van der Waals surface area contributed by atoms with Gasteiger partial charge in [0.05, 0.1) is 23.4 Å². The number of carbonyl (C=O) groups excluding carboxylic acids is 1. The molecule has 9 nitrogen and oxygen atoms in total. The van der Waals surface area contributed by atoms with Gasteiger partial charge in [0.25, 0.3) is 5.91 Å². The molecule has 0 spiro atoms. The Kier molecular flexibility index (Phi) is 11.2. The van der Waals surface area contributed by atoms with Crippen LogP contribution in [0.2, 0.25) is 5.02 Å². The van der Waals surface area contributed by atoms with Crippen molar-refractivity contribution in [3.05, 3.63) is 64.7 Å². The van der Waals surface area contributed by atoms with Crippen LogP contribution in [0.5, 0.6) is 5.75 Å². The average molecular weight is 566 g/mol. The molecule has 3 rings (SSSR count). The summed E-state index contributed by atoms with van der Waals surface area (Å²) in [5.41, 5.74) is 1.13. The molecule has 14 heteroatoms. The van der Waals surface area contributed by atoms with Gasteiger partial charge in [0, 0.05) is 44.8 Å². The maximum atomic E-state index is 13.2. The predicted octanol–water partition coefficient (Wildman–Crippen LogP) is 2.86. The number of carboxylic acid groups (broad SMARTS) is 1. The van der Waals surface area contributed by atoms with Gasteiger partial charge < -0.3 is 20.1 Å². The van der Waals surface area contributed by atoms with E-state index in [0.29, 0.717) is 42.5 Å². The molecule has 2 aromatic carbocycles. The first-order valence-electron chi connectivity index (χ1n) is 11.0. The van der Waals surface area contributed by atoms with Crippen LogP contribution in [0.4, 0.5) is 13.2 Å². The Morgan fingerprint density at radius 2 is 1.68 bits per heavy atom. The van der Waals surface area contributed by atoms with Crippen molar-refractivity contribution in [2.24, 2.45) is 0 Å². The highest BCUT2D eigenvalue weighted by Crippen LogP contribution is 2.23. The van der Waals surface area contributed by atoms with Gasteiger partial charge in [-0.1, -0.05) is 41.9 Å². The van der Waals surface area contributed by atoms with Crippen molar-refractivity contribution < 1.29 is 41.0 Å². The molecule has 0 saturated carbocycles. The lowest BCUT2D eigenvalue weighted by Crippen LogP contribution is -2.48. The molecule has 1 heterocycles. The van der Waals surface area contributed by atoms with Crippen LogP contribution in [0.25, 0.3) is 0 Å². The summed E-state index contributed by atoms with van der Waals surface area (Å²) >= 11 is 6.23.